The smallest absolute Gasteiger partial charge is 0.254 e. The lowest BCUT2D eigenvalue weighted by atomic mass is 10.2. The molecule has 1 aromatic carbocycles. The Labute approximate surface area is 116 Å². The van der Waals surface area contributed by atoms with Crippen LogP contribution in [-0.4, -0.2) is 29.9 Å². The number of aromatic nitrogens is 1. The van der Waals surface area contributed by atoms with Gasteiger partial charge in [-0.25, -0.2) is 4.98 Å². The second-order valence-corrected chi connectivity index (χ2v) is 5.29. The van der Waals surface area contributed by atoms with Crippen LogP contribution < -0.4 is 5.73 Å². The molecule has 0 radical (unpaired) electrons. The van der Waals surface area contributed by atoms with Gasteiger partial charge in [-0.1, -0.05) is 23.9 Å². The molecule has 2 rings (SSSR count). The largest absolute Gasteiger partial charge is 0.398 e. The monoisotopic (exact) mass is 273 g/mol. The second-order valence-electron chi connectivity index (χ2n) is 4.22. The first kappa shape index (κ1) is 13.4. The molecular formula is C14H15N3OS. The van der Waals surface area contributed by atoms with E-state index in [4.69, 9.17) is 5.73 Å². The molecule has 0 fully saturated rings. The molecule has 0 unspecified atom stereocenters. The highest BCUT2D eigenvalue weighted by atomic mass is 32.2. The van der Waals surface area contributed by atoms with Crippen molar-refractivity contribution < 1.29 is 4.79 Å². The van der Waals surface area contributed by atoms with Crippen molar-refractivity contribution in [2.24, 2.45) is 0 Å². The minimum Gasteiger partial charge on any atom is -0.398 e. The Morgan fingerprint density at radius 1 is 1.21 bits per heavy atom. The van der Waals surface area contributed by atoms with E-state index in [9.17, 15) is 4.79 Å². The normalized spacial score (nSPS) is 10.2. The molecule has 1 amide bonds. The van der Waals surface area contributed by atoms with Gasteiger partial charge in [-0.2, -0.15) is 0 Å². The highest BCUT2D eigenvalue weighted by Crippen LogP contribution is 2.30. The number of pyridine rings is 1. The van der Waals surface area contributed by atoms with Gasteiger partial charge in [0.25, 0.3) is 5.91 Å². The minimum absolute atomic E-state index is 0.0525. The van der Waals surface area contributed by atoms with Gasteiger partial charge in [0.05, 0.1) is 5.56 Å². The zero-order valence-corrected chi connectivity index (χ0v) is 11.6. The molecule has 2 N–H and O–H groups in total. The fourth-order valence-corrected chi connectivity index (χ4v) is 2.31. The summed E-state index contributed by atoms with van der Waals surface area (Å²) in [5, 5.41) is 0.813. The number of carbonyl (C=O) groups is 1. The van der Waals surface area contributed by atoms with E-state index in [0.29, 0.717) is 5.56 Å². The van der Waals surface area contributed by atoms with Gasteiger partial charge in [-0.3, -0.25) is 4.79 Å². The molecule has 0 aliphatic heterocycles. The van der Waals surface area contributed by atoms with E-state index in [2.05, 4.69) is 4.98 Å². The summed E-state index contributed by atoms with van der Waals surface area (Å²) in [6, 6.07) is 11.2. The van der Waals surface area contributed by atoms with Crippen molar-refractivity contribution in [2.45, 2.75) is 9.92 Å². The maximum atomic E-state index is 11.7. The first-order valence-electron chi connectivity index (χ1n) is 5.78. The highest BCUT2D eigenvalue weighted by Gasteiger charge is 2.09. The molecule has 0 atom stereocenters. The van der Waals surface area contributed by atoms with Crippen molar-refractivity contribution in [3.63, 3.8) is 0 Å². The number of carbonyl (C=O) groups excluding carboxylic acids is 1. The molecule has 5 heteroatoms. The van der Waals surface area contributed by atoms with Crippen LogP contribution in [0.25, 0.3) is 0 Å². The van der Waals surface area contributed by atoms with Crippen LogP contribution in [0.3, 0.4) is 0 Å². The predicted octanol–water partition coefficient (Wildman–Crippen LogP) is 2.52. The predicted molar refractivity (Wildman–Crippen MR) is 77.2 cm³/mol. The Morgan fingerprint density at radius 2 is 1.95 bits per heavy atom. The molecule has 1 heterocycles. The molecule has 0 aliphatic carbocycles. The molecular weight excluding hydrogens is 258 g/mol. The average molecular weight is 273 g/mol. The van der Waals surface area contributed by atoms with Crippen LogP contribution >= 0.6 is 11.8 Å². The van der Waals surface area contributed by atoms with Crippen molar-refractivity contribution in [1.29, 1.82) is 0 Å². The molecule has 2 aromatic rings. The molecule has 0 spiro atoms. The minimum atomic E-state index is -0.0525. The summed E-state index contributed by atoms with van der Waals surface area (Å²) < 4.78 is 0. The van der Waals surface area contributed by atoms with Crippen molar-refractivity contribution in [2.75, 3.05) is 19.8 Å². The average Bonchev–Trinajstić information content (AvgIpc) is 2.41. The first-order chi connectivity index (χ1) is 9.08. The van der Waals surface area contributed by atoms with Crippen LogP contribution in [-0.2, 0) is 0 Å². The third-order valence-electron chi connectivity index (χ3n) is 2.52. The van der Waals surface area contributed by atoms with Gasteiger partial charge in [-0.15, -0.1) is 0 Å². The first-order valence-corrected chi connectivity index (χ1v) is 6.59. The summed E-state index contributed by atoms with van der Waals surface area (Å²) in [7, 11) is 3.44. The zero-order valence-electron chi connectivity index (χ0n) is 10.8. The Morgan fingerprint density at radius 3 is 2.53 bits per heavy atom. The van der Waals surface area contributed by atoms with Crippen LogP contribution in [0.2, 0.25) is 0 Å². The summed E-state index contributed by atoms with van der Waals surface area (Å²) in [5.74, 6) is -0.0525. The van der Waals surface area contributed by atoms with Crippen molar-refractivity contribution in [3.05, 3.63) is 48.2 Å². The number of rotatable bonds is 3. The van der Waals surface area contributed by atoms with Crippen molar-refractivity contribution in [1.82, 2.24) is 9.88 Å². The van der Waals surface area contributed by atoms with Crippen molar-refractivity contribution >= 4 is 23.4 Å². The van der Waals surface area contributed by atoms with Gasteiger partial charge in [0, 0.05) is 30.9 Å². The third-order valence-corrected chi connectivity index (χ3v) is 3.57. The van der Waals surface area contributed by atoms with Gasteiger partial charge >= 0.3 is 0 Å². The molecule has 1 aromatic heterocycles. The van der Waals surface area contributed by atoms with Crippen LogP contribution in [0.5, 0.6) is 0 Å². The lowest BCUT2D eigenvalue weighted by molar-refractivity contribution is 0.0827. The van der Waals surface area contributed by atoms with Gasteiger partial charge in [0.2, 0.25) is 0 Å². The Kier molecular flexibility index (Phi) is 4.06. The van der Waals surface area contributed by atoms with Crippen LogP contribution in [0.15, 0.2) is 52.5 Å². The van der Waals surface area contributed by atoms with E-state index in [1.165, 1.54) is 16.7 Å². The SMILES string of the molecule is CN(C)C(=O)c1ccc(Sc2ccccc2N)nc1. The van der Waals surface area contributed by atoms with E-state index in [1.54, 1.807) is 26.4 Å². The number of nitrogen functional groups attached to an aromatic ring is 1. The fourth-order valence-electron chi connectivity index (χ4n) is 1.51. The van der Waals surface area contributed by atoms with E-state index in [-0.39, 0.29) is 5.91 Å². The summed E-state index contributed by atoms with van der Waals surface area (Å²) in [5.41, 5.74) is 7.18. The van der Waals surface area contributed by atoms with Crippen LogP contribution in [0, 0.1) is 0 Å². The molecule has 0 bridgehead atoms. The quantitative estimate of drug-likeness (QED) is 0.873. The number of amides is 1. The number of anilines is 1. The number of benzene rings is 1. The van der Waals surface area contributed by atoms with E-state index in [0.717, 1.165) is 15.6 Å². The molecule has 0 saturated carbocycles. The molecule has 0 aliphatic rings. The summed E-state index contributed by atoms with van der Waals surface area (Å²) in [6.07, 6.45) is 1.59. The van der Waals surface area contributed by atoms with Crippen LogP contribution in [0.4, 0.5) is 5.69 Å². The number of para-hydroxylation sites is 1. The molecule has 4 nitrogen and oxygen atoms in total. The van der Waals surface area contributed by atoms with Gasteiger partial charge < -0.3 is 10.6 Å². The number of hydrogen-bond acceptors (Lipinski definition) is 4. The lowest BCUT2D eigenvalue weighted by Crippen LogP contribution is -2.21. The Hall–Kier alpha value is -2.01. The summed E-state index contributed by atoms with van der Waals surface area (Å²) in [4.78, 5) is 18.5. The summed E-state index contributed by atoms with van der Waals surface area (Å²) >= 11 is 1.48. The highest BCUT2D eigenvalue weighted by molar-refractivity contribution is 7.99. The number of nitrogens with zero attached hydrogens (tertiary/aromatic N) is 2. The van der Waals surface area contributed by atoms with E-state index < -0.39 is 0 Å². The van der Waals surface area contributed by atoms with E-state index in [1.807, 2.05) is 30.3 Å². The molecule has 98 valence electrons. The fraction of sp³-hybridized carbons (Fsp3) is 0.143. The molecule has 19 heavy (non-hydrogen) atoms. The van der Waals surface area contributed by atoms with E-state index >= 15 is 0 Å². The maximum absolute atomic E-state index is 11.7. The van der Waals surface area contributed by atoms with Gasteiger partial charge in [-0.05, 0) is 24.3 Å². The third kappa shape index (κ3) is 3.26. The maximum Gasteiger partial charge on any atom is 0.254 e. The lowest BCUT2D eigenvalue weighted by Gasteiger charge is -2.10. The Bertz CT molecular complexity index is 581. The number of nitrogens with two attached hydrogens (primary N) is 1. The summed E-state index contributed by atoms with van der Waals surface area (Å²) in [6.45, 7) is 0. The standard InChI is InChI=1S/C14H15N3OS/c1-17(2)14(18)10-7-8-13(16-9-10)19-12-6-4-3-5-11(12)15/h3-9H,15H2,1-2H3. The van der Waals surface area contributed by atoms with Crippen molar-refractivity contribution in [3.8, 4) is 0 Å². The van der Waals surface area contributed by atoms with Gasteiger partial charge in [0.15, 0.2) is 0 Å². The zero-order chi connectivity index (χ0) is 13.8. The topological polar surface area (TPSA) is 59.2 Å². The number of hydrogen-bond donors (Lipinski definition) is 1. The van der Waals surface area contributed by atoms with Crippen LogP contribution in [0.1, 0.15) is 10.4 Å². The Balaban J connectivity index is 2.16. The second kappa shape index (κ2) is 5.75. The van der Waals surface area contributed by atoms with Gasteiger partial charge in [0.1, 0.15) is 5.03 Å². The molecule has 0 saturated heterocycles.